The second kappa shape index (κ2) is 8.84. The Morgan fingerprint density at radius 3 is 2.35 bits per heavy atom. The maximum absolute atomic E-state index is 13.4. The van der Waals surface area contributed by atoms with E-state index in [1.807, 2.05) is 74.5 Å². The predicted molar refractivity (Wildman–Crippen MR) is 127 cm³/mol. The summed E-state index contributed by atoms with van der Waals surface area (Å²) in [7, 11) is 0. The van der Waals surface area contributed by atoms with E-state index in [1.54, 1.807) is 35.2 Å². The van der Waals surface area contributed by atoms with E-state index in [1.165, 1.54) is 0 Å². The number of rotatable bonds is 5. The molecule has 31 heavy (non-hydrogen) atoms. The van der Waals surface area contributed by atoms with Crippen LogP contribution < -0.4 is 10.2 Å². The van der Waals surface area contributed by atoms with Crippen molar-refractivity contribution in [2.45, 2.75) is 13.8 Å². The molecular weight excluding hydrogens is 384 g/mol. The second-order valence-electron chi connectivity index (χ2n) is 7.40. The van der Waals surface area contributed by atoms with Gasteiger partial charge in [-0.3, -0.25) is 9.59 Å². The van der Waals surface area contributed by atoms with E-state index in [9.17, 15) is 9.59 Å². The summed E-state index contributed by atoms with van der Waals surface area (Å²) in [6.07, 6.45) is 0. The van der Waals surface area contributed by atoms with Crippen molar-refractivity contribution < 1.29 is 9.59 Å². The van der Waals surface area contributed by atoms with E-state index in [-0.39, 0.29) is 11.8 Å². The number of fused-ring (bicyclic) bond motifs is 1. The molecule has 0 saturated heterocycles. The van der Waals surface area contributed by atoms with Gasteiger partial charge in [-0.25, -0.2) is 0 Å². The number of benzene rings is 4. The number of nitrogens with zero attached hydrogens (tertiary/aromatic N) is 1. The first-order valence-corrected chi connectivity index (χ1v) is 10.3. The monoisotopic (exact) mass is 408 g/mol. The minimum Gasteiger partial charge on any atom is -0.322 e. The predicted octanol–water partition coefficient (Wildman–Crippen LogP) is 6.07. The summed E-state index contributed by atoms with van der Waals surface area (Å²) in [6, 6.07) is 28.5. The van der Waals surface area contributed by atoms with Gasteiger partial charge < -0.3 is 10.2 Å². The Bertz CT molecular complexity index is 1260. The molecule has 0 fully saturated rings. The molecule has 0 atom stereocenters. The maximum Gasteiger partial charge on any atom is 0.258 e. The molecule has 0 unspecified atom stereocenters. The zero-order valence-electron chi connectivity index (χ0n) is 17.6. The molecule has 0 aromatic heterocycles. The fourth-order valence-corrected chi connectivity index (χ4v) is 3.78. The van der Waals surface area contributed by atoms with Crippen LogP contribution >= 0.6 is 0 Å². The number of carbonyl (C=O) groups is 2. The Balaban J connectivity index is 1.62. The van der Waals surface area contributed by atoms with Crippen molar-refractivity contribution in [1.29, 1.82) is 0 Å². The first-order chi connectivity index (χ1) is 15.1. The zero-order valence-corrected chi connectivity index (χ0v) is 17.6. The number of nitrogens with one attached hydrogen (secondary N) is 1. The first-order valence-electron chi connectivity index (χ1n) is 10.3. The molecule has 0 aliphatic heterocycles. The summed E-state index contributed by atoms with van der Waals surface area (Å²) in [5, 5.41) is 5.03. The highest BCUT2D eigenvalue weighted by Crippen LogP contribution is 2.28. The van der Waals surface area contributed by atoms with Crippen LogP contribution in [0.2, 0.25) is 0 Å². The molecular formula is C27H24N2O2. The summed E-state index contributed by atoms with van der Waals surface area (Å²) in [4.78, 5) is 27.8. The fraction of sp³-hybridized carbons (Fsp3) is 0.111. The first kappa shape index (κ1) is 20.4. The summed E-state index contributed by atoms with van der Waals surface area (Å²) in [6.45, 7) is 4.40. The molecule has 0 aliphatic carbocycles. The third kappa shape index (κ3) is 4.19. The summed E-state index contributed by atoms with van der Waals surface area (Å²) in [5.41, 5.74) is 3.51. The van der Waals surface area contributed by atoms with Gasteiger partial charge in [-0.15, -0.1) is 0 Å². The lowest BCUT2D eigenvalue weighted by atomic mass is 10.1. The van der Waals surface area contributed by atoms with Crippen molar-refractivity contribution in [3.63, 3.8) is 0 Å². The van der Waals surface area contributed by atoms with E-state index >= 15 is 0 Å². The quantitative estimate of drug-likeness (QED) is 0.436. The smallest absolute Gasteiger partial charge is 0.258 e. The van der Waals surface area contributed by atoms with Gasteiger partial charge in [0, 0.05) is 28.7 Å². The molecule has 0 saturated carbocycles. The van der Waals surface area contributed by atoms with E-state index in [0.29, 0.717) is 23.4 Å². The van der Waals surface area contributed by atoms with Gasteiger partial charge in [-0.2, -0.15) is 0 Å². The third-order valence-corrected chi connectivity index (χ3v) is 5.38. The van der Waals surface area contributed by atoms with Crippen LogP contribution in [0.25, 0.3) is 10.8 Å². The number of hydrogen-bond acceptors (Lipinski definition) is 2. The van der Waals surface area contributed by atoms with Gasteiger partial charge >= 0.3 is 0 Å². The minimum absolute atomic E-state index is 0.106. The van der Waals surface area contributed by atoms with Gasteiger partial charge in [0.25, 0.3) is 11.8 Å². The number of hydrogen-bond donors (Lipinski definition) is 1. The van der Waals surface area contributed by atoms with Crippen molar-refractivity contribution in [3.05, 3.63) is 108 Å². The standard InChI is InChI=1S/C27H24N2O2/c1-3-29(25-17-9-12-20-11-5-7-16-24(20)25)27(31)21-13-8-14-22(18-21)28-26(30)23-15-6-4-10-19(23)2/h4-18H,3H2,1-2H3,(H,28,30). The Morgan fingerprint density at radius 2 is 1.55 bits per heavy atom. The van der Waals surface area contributed by atoms with Crippen LogP contribution in [0.3, 0.4) is 0 Å². The van der Waals surface area contributed by atoms with Crippen molar-refractivity contribution >= 4 is 34.0 Å². The molecule has 0 radical (unpaired) electrons. The van der Waals surface area contributed by atoms with E-state index in [2.05, 4.69) is 5.32 Å². The molecule has 0 spiro atoms. The number of aryl methyl sites for hydroxylation is 1. The second-order valence-corrected chi connectivity index (χ2v) is 7.40. The van der Waals surface area contributed by atoms with E-state index in [4.69, 9.17) is 0 Å². The van der Waals surface area contributed by atoms with Crippen LogP contribution in [-0.2, 0) is 0 Å². The minimum atomic E-state index is -0.191. The topological polar surface area (TPSA) is 49.4 Å². The van der Waals surface area contributed by atoms with Crippen molar-refractivity contribution in [2.24, 2.45) is 0 Å². The average molecular weight is 409 g/mol. The summed E-state index contributed by atoms with van der Waals surface area (Å²) in [5.74, 6) is -0.296. The van der Waals surface area contributed by atoms with Crippen molar-refractivity contribution in [3.8, 4) is 0 Å². The van der Waals surface area contributed by atoms with Crippen LogP contribution in [0.1, 0.15) is 33.2 Å². The number of amides is 2. The Morgan fingerprint density at radius 1 is 0.839 bits per heavy atom. The van der Waals surface area contributed by atoms with Crippen LogP contribution in [-0.4, -0.2) is 18.4 Å². The Hall–Kier alpha value is -3.92. The van der Waals surface area contributed by atoms with Crippen LogP contribution in [0.15, 0.2) is 91.0 Å². The highest BCUT2D eigenvalue weighted by molar-refractivity contribution is 6.12. The van der Waals surface area contributed by atoms with Gasteiger partial charge in [0.2, 0.25) is 0 Å². The highest BCUT2D eigenvalue weighted by Gasteiger charge is 2.19. The molecule has 4 rings (SSSR count). The Kier molecular flexibility index (Phi) is 5.80. The fourth-order valence-electron chi connectivity index (χ4n) is 3.78. The molecule has 4 aromatic carbocycles. The lowest BCUT2D eigenvalue weighted by Crippen LogP contribution is -2.30. The number of carbonyl (C=O) groups excluding carboxylic acids is 2. The lowest BCUT2D eigenvalue weighted by molar-refractivity contribution is 0.0985. The third-order valence-electron chi connectivity index (χ3n) is 5.38. The van der Waals surface area contributed by atoms with E-state index < -0.39 is 0 Å². The molecule has 2 amide bonds. The summed E-state index contributed by atoms with van der Waals surface area (Å²) >= 11 is 0. The molecule has 0 heterocycles. The molecule has 0 bridgehead atoms. The van der Waals surface area contributed by atoms with Gasteiger partial charge in [0.1, 0.15) is 0 Å². The Labute approximate surface area is 182 Å². The lowest BCUT2D eigenvalue weighted by Gasteiger charge is -2.23. The number of anilines is 2. The van der Waals surface area contributed by atoms with Crippen LogP contribution in [0.5, 0.6) is 0 Å². The van der Waals surface area contributed by atoms with Crippen LogP contribution in [0.4, 0.5) is 11.4 Å². The molecule has 4 nitrogen and oxygen atoms in total. The van der Waals surface area contributed by atoms with Gasteiger partial charge in [-0.05, 0) is 55.1 Å². The van der Waals surface area contributed by atoms with E-state index in [0.717, 1.165) is 22.0 Å². The zero-order chi connectivity index (χ0) is 21.8. The largest absolute Gasteiger partial charge is 0.322 e. The SMILES string of the molecule is CCN(C(=O)c1cccc(NC(=O)c2ccccc2C)c1)c1cccc2ccccc12. The van der Waals surface area contributed by atoms with Gasteiger partial charge in [-0.1, -0.05) is 60.7 Å². The maximum atomic E-state index is 13.4. The molecule has 154 valence electrons. The average Bonchev–Trinajstić information content (AvgIpc) is 2.80. The molecule has 4 heteroatoms. The summed E-state index contributed by atoms with van der Waals surface area (Å²) < 4.78 is 0. The molecule has 0 aliphatic rings. The molecule has 4 aromatic rings. The van der Waals surface area contributed by atoms with Crippen LogP contribution in [0, 0.1) is 6.92 Å². The van der Waals surface area contributed by atoms with Gasteiger partial charge in [0.05, 0.1) is 5.69 Å². The van der Waals surface area contributed by atoms with Crippen molar-refractivity contribution in [2.75, 3.05) is 16.8 Å². The highest BCUT2D eigenvalue weighted by atomic mass is 16.2. The van der Waals surface area contributed by atoms with Gasteiger partial charge in [0.15, 0.2) is 0 Å². The normalized spacial score (nSPS) is 10.6. The van der Waals surface area contributed by atoms with Crippen molar-refractivity contribution in [1.82, 2.24) is 0 Å². The molecule has 1 N–H and O–H groups in total.